The fourth-order valence-corrected chi connectivity index (χ4v) is 2.98. The molecule has 0 aromatic heterocycles. The average Bonchev–Trinajstić information content (AvgIpc) is 2.42. The van der Waals surface area contributed by atoms with Crippen LogP contribution in [0, 0.1) is 0 Å². The van der Waals surface area contributed by atoms with E-state index in [2.05, 4.69) is 45.9 Å². The first-order chi connectivity index (χ1) is 10.3. The summed E-state index contributed by atoms with van der Waals surface area (Å²) in [4.78, 5) is 0.405. The third-order valence-corrected chi connectivity index (χ3v) is 4.64. The Morgan fingerprint density at radius 3 is 2.09 bits per heavy atom. The molecule has 0 fully saturated rings. The monoisotopic (exact) mass is 340 g/mol. The van der Waals surface area contributed by atoms with Crippen LogP contribution in [0.25, 0.3) is 0 Å². The molecular formula is C18H32N2S2. The predicted octanol–water partition coefficient (Wildman–Crippen LogP) is 4.75. The molecule has 0 aliphatic rings. The average molecular weight is 341 g/mol. The quantitative estimate of drug-likeness (QED) is 0.324. The molecule has 22 heavy (non-hydrogen) atoms. The number of thioether (sulfide) groups is 1. The van der Waals surface area contributed by atoms with Gasteiger partial charge in [-0.1, -0.05) is 47.2 Å². The largest absolute Gasteiger partial charge is 0.392 e. The molecule has 0 aliphatic heterocycles. The van der Waals surface area contributed by atoms with Crippen LogP contribution < -0.4 is 11.5 Å². The van der Waals surface area contributed by atoms with Crippen molar-refractivity contribution in [2.24, 2.45) is 11.5 Å². The second-order valence-corrected chi connectivity index (χ2v) is 7.55. The number of thiocarbonyl (C=S) groups is 1. The SMILES string of the molecule is CC(C)=CCCC(C)=CCCC(C)=CCSC[C@H](N)C(N)=S. The smallest absolute Gasteiger partial charge is 0.0906 e. The van der Waals surface area contributed by atoms with Crippen molar-refractivity contribution in [1.29, 1.82) is 0 Å². The minimum absolute atomic E-state index is 0.167. The molecule has 0 spiro atoms. The molecule has 0 amide bonds. The van der Waals surface area contributed by atoms with Gasteiger partial charge in [0, 0.05) is 11.5 Å². The molecule has 4 heteroatoms. The van der Waals surface area contributed by atoms with Gasteiger partial charge in [0.2, 0.25) is 0 Å². The van der Waals surface area contributed by atoms with Gasteiger partial charge in [-0.25, -0.2) is 0 Å². The lowest BCUT2D eigenvalue weighted by atomic mass is 10.1. The first-order valence-corrected chi connectivity index (χ1v) is 9.46. The van der Waals surface area contributed by atoms with Gasteiger partial charge >= 0.3 is 0 Å². The molecule has 4 N–H and O–H groups in total. The third kappa shape index (κ3) is 13.1. The van der Waals surface area contributed by atoms with Gasteiger partial charge in [-0.2, -0.15) is 11.8 Å². The number of hydrogen-bond acceptors (Lipinski definition) is 3. The minimum atomic E-state index is -0.167. The van der Waals surface area contributed by atoms with E-state index >= 15 is 0 Å². The molecule has 0 bridgehead atoms. The van der Waals surface area contributed by atoms with Crippen LogP contribution in [-0.4, -0.2) is 22.5 Å². The number of nitrogens with two attached hydrogens (primary N) is 2. The molecule has 0 unspecified atom stereocenters. The highest BCUT2D eigenvalue weighted by Gasteiger charge is 2.03. The number of hydrogen-bond donors (Lipinski definition) is 2. The molecule has 0 saturated heterocycles. The van der Waals surface area contributed by atoms with Crippen molar-refractivity contribution >= 4 is 29.0 Å². The second-order valence-electron chi connectivity index (χ2n) is 6.01. The van der Waals surface area contributed by atoms with Crippen molar-refractivity contribution in [3.63, 3.8) is 0 Å². The van der Waals surface area contributed by atoms with E-state index in [0.717, 1.165) is 30.8 Å². The summed E-state index contributed by atoms with van der Waals surface area (Å²) in [5, 5.41) is 0. The first kappa shape index (κ1) is 21.4. The highest BCUT2D eigenvalue weighted by Crippen LogP contribution is 2.12. The van der Waals surface area contributed by atoms with Gasteiger partial charge in [-0.3, -0.25) is 0 Å². The Bertz CT molecular complexity index is 419. The van der Waals surface area contributed by atoms with Gasteiger partial charge in [-0.05, 0) is 53.4 Å². The molecule has 0 aliphatic carbocycles. The third-order valence-electron chi connectivity index (χ3n) is 3.34. The van der Waals surface area contributed by atoms with Crippen molar-refractivity contribution in [3.05, 3.63) is 34.9 Å². The van der Waals surface area contributed by atoms with Crippen molar-refractivity contribution in [1.82, 2.24) is 0 Å². The summed E-state index contributed by atoms with van der Waals surface area (Å²) in [5.74, 6) is 1.77. The van der Waals surface area contributed by atoms with Gasteiger partial charge < -0.3 is 11.5 Å². The number of rotatable bonds is 11. The van der Waals surface area contributed by atoms with E-state index in [1.807, 2.05) is 0 Å². The lowest BCUT2D eigenvalue weighted by molar-refractivity contribution is 0.917. The van der Waals surface area contributed by atoms with Gasteiger partial charge in [0.05, 0.1) is 11.0 Å². The zero-order valence-corrected chi connectivity index (χ0v) is 16.2. The molecule has 1 atom stereocenters. The Balaban J connectivity index is 3.87. The van der Waals surface area contributed by atoms with Gasteiger partial charge in [0.15, 0.2) is 0 Å². The standard InChI is InChI=1S/C18H32N2S2/c1-14(2)7-5-8-15(3)9-6-10-16(4)11-12-22-13-17(19)18(20)21/h7,9,11,17H,5-6,8,10,12-13,19H2,1-4H3,(H2,20,21)/t17-/m0/s1. The highest BCUT2D eigenvalue weighted by molar-refractivity contribution is 7.99. The van der Waals surface area contributed by atoms with Crippen LogP contribution in [0.5, 0.6) is 0 Å². The Kier molecular flexibility index (Phi) is 12.6. The topological polar surface area (TPSA) is 52.0 Å². The lowest BCUT2D eigenvalue weighted by Gasteiger charge is -2.07. The second kappa shape index (κ2) is 12.9. The Hall–Kier alpha value is -0.580. The molecule has 0 heterocycles. The van der Waals surface area contributed by atoms with Gasteiger partial charge in [0.1, 0.15) is 0 Å². The van der Waals surface area contributed by atoms with E-state index in [1.165, 1.54) is 23.1 Å². The molecule has 0 aromatic carbocycles. The molecule has 126 valence electrons. The number of allylic oxidation sites excluding steroid dienone is 5. The Labute approximate surface area is 146 Å². The van der Waals surface area contributed by atoms with E-state index in [1.54, 1.807) is 11.8 Å². The van der Waals surface area contributed by atoms with Crippen LogP contribution >= 0.6 is 24.0 Å². The fraction of sp³-hybridized carbons (Fsp3) is 0.611. The summed E-state index contributed by atoms with van der Waals surface area (Å²) in [6.45, 7) is 8.73. The molecule has 2 nitrogen and oxygen atoms in total. The van der Waals surface area contributed by atoms with Crippen molar-refractivity contribution in [3.8, 4) is 0 Å². The van der Waals surface area contributed by atoms with Crippen LogP contribution in [0.4, 0.5) is 0 Å². The van der Waals surface area contributed by atoms with Gasteiger partial charge in [-0.15, -0.1) is 0 Å². The molecule has 0 aromatic rings. The van der Waals surface area contributed by atoms with Crippen molar-refractivity contribution in [2.75, 3.05) is 11.5 Å². The molecular weight excluding hydrogens is 308 g/mol. The summed E-state index contributed by atoms with van der Waals surface area (Å²) in [7, 11) is 0. The fourth-order valence-electron chi connectivity index (χ4n) is 1.82. The van der Waals surface area contributed by atoms with Crippen LogP contribution in [0.2, 0.25) is 0 Å². The summed E-state index contributed by atoms with van der Waals surface area (Å²) >= 11 is 6.64. The Morgan fingerprint density at radius 1 is 1.00 bits per heavy atom. The maximum atomic E-state index is 5.79. The van der Waals surface area contributed by atoms with Crippen molar-refractivity contribution < 1.29 is 0 Å². The summed E-state index contributed by atoms with van der Waals surface area (Å²) in [6.07, 6.45) is 11.5. The van der Waals surface area contributed by atoms with Gasteiger partial charge in [0.25, 0.3) is 0 Å². The zero-order valence-electron chi connectivity index (χ0n) is 14.5. The highest BCUT2D eigenvalue weighted by atomic mass is 32.2. The first-order valence-electron chi connectivity index (χ1n) is 7.90. The van der Waals surface area contributed by atoms with Crippen LogP contribution in [-0.2, 0) is 0 Å². The van der Waals surface area contributed by atoms with E-state index < -0.39 is 0 Å². The van der Waals surface area contributed by atoms with E-state index in [9.17, 15) is 0 Å². The van der Waals surface area contributed by atoms with E-state index in [4.69, 9.17) is 23.7 Å². The predicted molar refractivity (Wildman–Crippen MR) is 107 cm³/mol. The molecule has 0 radical (unpaired) electrons. The summed E-state index contributed by atoms with van der Waals surface area (Å²) in [5.41, 5.74) is 15.6. The summed E-state index contributed by atoms with van der Waals surface area (Å²) in [6, 6.07) is -0.167. The maximum Gasteiger partial charge on any atom is 0.0906 e. The Morgan fingerprint density at radius 2 is 1.55 bits per heavy atom. The molecule has 0 saturated carbocycles. The lowest BCUT2D eigenvalue weighted by Crippen LogP contribution is -2.37. The summed E-state index contributed by atoms with van der Waals surface area (Å²) < 4.78 is 0. The minimum Gasteiger partial charge on any atom is -0.392 e. The normalized spacial score (nSPS) is 13.9. The van der Waals surface area contributed by atoms with Crippen LogP contribution in [0.3, 0.4) is 0 Å². The van der Waals surface area contributed by atoms with E-state index in [-0.39, 0.29) is 6.04 Å². The molecule has 0 rings (SSSR count). The van der Waals surface area contributed by atoms with Crippen molar-refractivity contribution in [2.45, 2.75) is 59.4 Å². The zero-order chi connectivity index (χ0) is 17.0. The van der Waals surface area contributed by atoms with E-state index in [0.29, 0.717) is 4.99 Å². The maximum absolute atomic E-state index is 5.79. The van der Waals surface area contributed by atoms with Crippen LogP contribution in [0.15, 0.2) is 34.9 Å². The van der Waals surface area contributed by atoms with Crippen LogP contribution in [0.1, 0.15) is 53.4 Å².